The van der Waals surface area contributed by atoms with Crippen LogP contribution in [0.1, 0.15) is 19.5 Å². The molecule has 0 N–H and O–H groups in total. The predicted molar refractivity (Wildman–Crippen MR) is 72.1 cm³/mol. The third kappa shape index (κ3) is 1.98. The fourth-order valence-corrected chi connectivity index (χ4v) is 2.13. The van der Waals surface area contributed by atoms with Crippen LogP contribution in [0.5, 0.6) is 0 Å². The summed E-state index contributed by atoms with van der Waals surface area (Å²) in [7, 11) is 0. The van der Waals surface area contributed by atoms with Gasteiger partial charge >= 0.3 is 0 Å². The first-order chi connectivity index (χ1) is 9.22. The third-order valence-electron chi connectivity index (χ3n) is 2.95. The van der Waals surface area contributed by atoms with Gasteiger partial charge < -0.3 is 0 Å². The molecule has 0 fully saturated rings. The van der Waals surface area contributed by atoms with E-state index in [2.05, 4.69) is 27.3 Å². The van der Waals surface area contributed by atoms with Crippen molar-refractivity contribution in [1.82, 2.24) is 29.6 Å². The minimum atomic E-state index is 0.409. The van der Waals surface area contributed by atoms with Gasteiger partial charge in [0, 0.05) is 6.54 Å². The van der Waals surface area contributed by atoms with Gasteiger partial charge in [-0.15, -0.1) is 10.2 Å². The molecule has 0 aliphatic carbocycles. The topological polar surface area (TPSA) is 60.9 Å². The zero-order chi connectivity index (χ0) is 13.4. The second-order valence-electron chi connectivity index (χ2n) is 4.14. The van der Waals surface area contributed by atoms with Gasteiger partial charge in [0.05, 0.1) is 5.69 Å². The van der Waals surface area contributed by atoms with Gasteiger partial charge in [0.25, 0.3) is 0 Å². The van der Waals surface area contributed by atoms with E-state index in [1.807, 2.05) is 17.7 Å². The maximum atomic E-state index is 5.93. The van der Waals surface area contributed by atoms with Gasteiger partial charge in [-0.3, -0.25) is 4.68 Å². The Bertz CT molecular complexity index is 729. The molecule has 19 heavy (non-hydrogen) atoms. The van der Waals surface area contributed by atoms with Gasteiger partial charge in [-0.1, -0.05) is 18.5 Å². The average Bonchev–Trinajstić information content (AvgIpc) is 3.00. The lowest BCUT2D eigenvalue weighted by molar-refractivity contribution is 0.650. The lowest BCUT2D eigenvalue weighted by Gasteiger charge is -2.02. The van der Waals surface area contributed by atoms with Crippen LogP contribution in [0, 0.1) is 0 Å². The molecular weight excluding hydrogens is 264 g/mol. The summed E-state index contributed by atoms with van der Waals surface area (Å²) in [6.07, 6.45) is 0.880. The summed E-state index contributed by atoms with van der Waals surface area (Å²) in [5, 5.41) is 17.4. The minimum absolute atomic E-state index is 0.409. The summed E-state index contributed by atoms with van der Waals surface area (Å²) >= 11 is 5.93. The number of nitrogens with zero attached hydrogens (tertiary/aromatic N) is 6. The molecule has 0 unspecified atom stereocenters. The fraction of sp³-hybridized carbons (Fsp3) is 0.333. The highest BCUT2D eigenvalue weighted by molar-refractivity contribution is 6.29. The lowest BCUT2D eigenvalue weighted by atomic mass is 10.3. The highest BCUT2D eigenvalue weighted by Crippen LogP contribution is 2.20. The van der Waals surface area contributed by atoms with Crippen LogP contribution >= 0.6 is 11.6 Å². The molecule has 0 saturated carbocycles. The Balaban J connectivity index is 2.23. The Morgan fingerprint density at radius 3 is 2.74 bits per heavy atom. The van der Waals surface area contributed by atoms with Crippen LogP contribution in [0.15, 0.2) is 18.2 Å². The Kier molecular flexibility index (Phi) is 2.94. The summed E-state index contributed by atoms with van der Waals surface area (Å²) in [6.45, 7) is 4.88. The zero-order valence-corrected chi connectivity index (χ0v) is 11.5. The molecule has 7 heteroatoms. The maximum Gasteiger partial charge on any atom is 0.203 e. The molecule has 3 rings (SSSR count). The van der Waals surface area contributed by atoms with Crippen LogP contribution in [-0.2, 0) is 13.0 Å². The SMILES string of the molecule is CCc1cc(-c2nnc3ccc(Cl)nn23)n(CC)n1. The standard InChI is InChI=1S/C12H13ClN6/c1-3-8-7-9(18(4-2)16-8)12-15-14-11-6-5-10(13)17-19(11)12/h5-7H,3-4H2,1-2H3. The minimum Gasteiger partial charge on any atom is -0.262 e. The monoisotopic (exact) mass is 276 g/mol. The molecule has 0 amide bonds. The van der Waals surface area contributed by atoms with Crippen LogP contribution in [0.25, 0.3) is 17.2 Å². The molecule has 3 heterocycles. The van der Waals surface area contributed by atoms with Crippen molar-refractivity contribution in [1.29, 1.82) is 0 Å². The maximum absolute atomic E-state index is 5.93. The molecule has 0 atom stereocenters. The largest absolute Gasteiger partial charge is 0.262 e. The van der Waals surface area contributed by atoms with E-state index in [-0.39, 0.29) is 0 Å². The first-order valence-corrected chi connectivity index (χ1v) is 6.55. The van der Waals surface area contributed by atoms with Crippen molar-refractivity contribution in [3.63, 3.8) is 0 Å². The summed E-state index contributed by atoms with van der Waals surface area (Å²) in [6, 6.07) is 5.51. The van der Waals surface area contributed by atoms with Gasteiger partial charge in [0.15, 0.2) is 5.65 Å². The molecule has 0 bridgehead atoms. The smallest absolute Gasteiger partial charge is 0.203 e. The highest BCUT2D eigenvalue weighted by atomic mass is 35.5. The van der Waals surface area contributed by atoms with Crippen LogP contribution in [0.2, 0.25) is 5.15 Å². The van der Waals surface area contributed by atoms with Crippen molar-refractivity contribution in [2.24, 2.45) is 0 Å². The summed E-state index contributed by atoms with van der Waals surface area (Å²) in [5.41, 5.74) is 2.60. The molecule has 0 spiro atoms. The van der Waals surface area contributed by atoms with E-state index in [1.165, 1.54) is 0 Å². The number of rotatable bonds is 3. The Morgan fingerprint density at radius 1 is 1.16 bits per heavy atom. The molecule has 0 aromatic carbocycles. The van der Waals surface area contributed by atoms with Crippen molar-refractivity contribution in [2.45, 2.75) is 26.8 Å². The number of hydrogen-bond donors (Lipinski definition) is 0. The fourth-order valence-electron chi connectivity index (χ4n) is 1.99. The van der Waals surface area contributed by atoms with Crippen LogP contribution in [0.4, 0.5) is 0 Å². The number of aromatic nitrogens is 6. The van der Waals surface area contributed by atoms with E-state index < -0.39 is 0 Å². The van der Waals surface area contributed by atoms with Crippen molar-refractivity contribution >= 4 is 17.2 Å². The molecule has 0 saturated heterocycles. The molecule has 3 aromatic heterocycles. The van der Waals surface area contributed by atoms with Gasteiger partial charge in [-0.25, -0.2) is 0 Å². The van der Waals surface area contributed by atoms with Gasteiger partial charge in [-0.2, -0.15) is 14.7 Å². The van der Waals surface area contributed by atoms with E-state index >= 15 is 0 Å². The van der Waals surface area contributed by atoms with Crippen molar-refractivity contribution in [3.8, 4) is 11.5 Å². The van der Waals surface area contributed by atoms with Crippen LogP contribution in [0.3, 0.4) is 0 Å². The van der Waals surface area contributed by atoms with E-state index in [4.69, 9.17) is 11.6 Å². The number of aryl methyl sites for hydroxylation is 2. The highest BCUT2D eigenvalue weighted by Gasteiger charge is 2.15. The van der Waals surface area contributed by atoms with E-state index in [9.17, 15) is 0 Å². The third-order valence-corrected chi connectivity index (χ3v) is 3.15. The summed E-state index contributed by atoms with van der Waals surface area (Å²) in [4.78, 5) is 0. The van der Waals surface area contributed by atoms with E-state index in [0.29, 0.717) is 16.6 Å². The van der Waals surface area contributed by atoms with Gasteiger partial charge in [0.1, 0.15) is 10.8 Å². The normalized spacial score (nSPS) is 11.3. The first-order valence-electron chi connectivity index (χ1n) is 6.18. The summed E-state index contributed by atoms with van der Waals surface area (Å²) in [5.74, 6) is 0.659. The Labute approximate surface area is 115 Å². The molecule has 6 nitrogen and oxygen atoms in total. The Hall–Kier alpha value is -1.95. The molecule has 3 aromatic rings. The number of halogens is 1. The molecule has 0 aliphatic rings. The van der Waals surface area contributed by atoms with Crippen LogP contribution < -0.4 is 0 Å². The number of fused-ring (bicyclic) bond motifs is 1. The predicted octanol–water partition coefficient (Wildman–Crippen LogP) is 2.22. The quantitative estimate of drug-likeness (QED) is 0.736. The van der Waals surface area contributed by atoms with E-state index in [0.717, 1.165) is 24.4 Å². The van der Waals surface area contributed by atoms with Gasteiger partial charge in [-0.05, 0) is 31.5 Å². The average molecular weight is 277 g/mol. The Morgan fingerprint density at radius 2 is 2.00 bits per heavy atom. The van der Waals surface area contributed by atoms with Crippen molar-refractivity contribution in [2.75, 3.05) is 0 Å². The van der Waals surface area contributed by atoms with Crippen molar-refractivity contribution < 1.29 is 0 Å². The molecule has 0 radical (unpaired) electrons. The van der Waals surface area contributed by atoms with E-state index in [1.54, 1.807) is 16.6 Å². The zero-order valence-electron chi connectivity index (χ0n) is 10.7. The van der Waals surface area contributed by atoms with Crippen molar-refractivity contribution in [3.05, 3.63) is 29.0 Å². The molecule has 98 valence electrons. The molecular formula is C12H13ClN6. The van der Waals surface area contributed by atoms with Gasteiger partial charge in [0.2, 0.25) is 5.82 Å². The lowest BCUT2D eigenvalue weighted by Crippen LogP contribution is -2.03. The summed E-state index contributed by atoms with van der Waals surface area (Å²) < 4.78 is 3.54. The number of hydrogen-bond acceptors (Lipinski definition) is 4. The first kappa shape index (κ1) is 12.1. The second kappa shape index (κ2) is 4.62. The second-order valence-corrected chi connectivity index (χ2v) is 4.53. The van der Waals surface area contributed by atoms with Crippen LogP contribution in [-0.4, -0.2) is 29.6 Å². The molecule has 0 aliphatic heterocycles.